The van der Waals surface area contributed by atoms with Gasteiger partial charge >= 0.3 is 6.03 Å². The highest BCUT2D eigenvalue weighted by Gasteiger charge is 2.30. The van der Waals surface area contributed by atoms with Gasteiger partial charge in [0.1, 0.15) is 6.10 Å². The lowest BCUT2D eigenvalue weighted by atomic mass is 10.0. The average molecular weight is 354 g/mol. The summed E-state index contributed by atoms with van der Waals surface area (Å²) in [5.41, 5.74) is 3.10. The number of urea groups is 1. The molecular formula is C20H22N2O4. The predicted molar refractivity (Wildman–Crippen MR) is 96.5 cm³/mol. The summed E-state index contributed by atoms with van der Waals surface area (Å²) in [5.74, 6) is -0.341. The Hall–Kier alpha value is -2.70. The monoisotopic (exact) mass is 354 g/mol. The molecule has 6 heteroatoms. The van der Waals surface area contributed by atoms with Gasteiger partial charge in [0.05, 0.1) is 25.8 Å². The Balaban J connectivity index is 1.69. The lowest BCUT2D eigenvalue weighted by Gasteiger charge is -2.23. The Kier molecular flexibility index (Phi) is 5.65. The fourth-order valence-electron chi connectivity index (χ4n) is 2.86. The highest BCUT2D eigenvalue weighted by Crippen LogP contribution is 2.26. The number of aryl methyl sites for hydroxylation is 1. The molecule has 0 unspecified atom stereocenters. The van der Waals surface area contributed by atoms with Crippen LogP contribution in [0.5, 0.6) is 0 Å². The number of nitrogens with one attached hydrogen (secondary N) is 1. The van der Waals surface area contributed by atoms with Gasteiger partial charge in [0.15, 0.2) is 0 Å². The summed E-state index contributed by atoms with van der Waals surface area (Å²) in [5, 5.41) is 12.7. The summed E-state index contributed by atoms with van der Waals surface area (Å²) >= 11 is 0. The summed E-state index contributed by atoms with van der Waals surface area (Å²) in [6.07, 6.45) is -1.30. The quantitative estimate of drug-likeness (QED) is 0.746. The number of carbonyl (C=O) groups excluding carboxylic acids is 2. The van der Waals surface area contributed by atoms with Gasteiger partial charge < -0.3 is 15.2 Å². The number of hydrogen-bond donors (Lipinski definition) is 2. The number of benzene rings is 2. The Bertz CT molecular complexity index is 745. The summed E-state index contributed by atoms with van der Waals surface area (Å²) in [6.45, 7) is 1.91. The van der Waals surface area contributed by atoms with E-state index in [-0.39, 0.29) is 31.7 Å². The van der Waals surface area contributed by atoms with E-state index in [4.69, 9.17) is 4.74 Å². The van der Waals surface area contributed by atoms with Gasteiger partial charge in [0, 0.05) is 0 Å². The number of β-amino-alcohol motifs (C(OH)–C–C–N with tert-alkyl or cyclic N) is 1. The molecule has 3 rings (SSSR count). The third-order valence-electron chi connectivity index (χ3n) is 4.27. The lowest BCUT2D eigenvalue weighted by molar-refractivity contribution is -0.126. The Labute approximate surface area is 152 Å². The van der Waals surface area contributed by atoms with Gasteiger partial charge in [-0.2, -0.15) is 0 Å². The van der Waals surface area contributed by atoms with Crippen LogP contribution in [0.3, 0.4) is 0 Å². The van der Waals surface area contributed by atoms with E-state index in [1.165, 1.54) is 0 Å². The van der Waals surface area contributed by atoms with Crippen LogP contribution in [0.1, 0.15) is 22.8 Å². The van der Waals surface area contributed by atoms with Gasteiger partial charge in [-0.1, -0.05) is 60.2 Å². The first-order chi connectivity index (χ1) is 12.5. The number of aliphatic hydroxyl groups is 1. The van der Waals surface area contributed by atoms with Crippen molar-refractivity contribution in [1.29, 1.82) is 0 Å². The van der Waals surface area contributed by atoms with Crippen molar-refractivity contribution in [3.05, 3.63) is 71.3 Å². The van der Waals surface area contributed by atoms with Crippen molar-refractivity contribution < 1.29 is 19.4 Å². The van der Waals surface area contributed by atoms with Crippen LogP contribution in [0.15, 0.2) is 54.6 Å². The zero-order valence-corrected chi connectivity index (χ0v) is 14.6. The molecule has 2 N–H and O–H groups in total. The third-order valence-corrected chi connectivity index (χ3v) is 4.27. The minimum absolute atomic E-state index is 0.00446. The summed E-state index contributed by atoms with van der Waals surface area (Å²) in [7, 11) is 0. The Morgan fingerprint density at radius 2 is 1.73 bits per heavy atom. The van der Waals surface area contributed by atoms with E-state index >= 15 is 0 Å². The maximum atomic E-state index is 11.6. The molecule has 2 aromatic carbocycles. The van der Waals surface area contributed by atoms with E-state index in [9.17, 15) is 14.7 Å². The molecular weight excluding hydrogens is 332 g/mol. The molecule has 1 aliphatic rings. The van der Waals surface area contributed by atoms with E-state index < -0.39 is 12.1 Å². The summed E-state index contributed by atoms with van der Waals surface area (Å²) in [6, 6.07) is 17.3. The number of hydrogen-bond acceptors (Lipinski definition) is 4. The number of ether oxygens (including phenoxy) is 1. The standard InChI is InChI=1S/C20H22N2O4/c1-14-7-9-16(10-8-14)19(15-5-3-2-4-6-15)26-13-17(23)12-22-18(24)11-21-20(22)25/h2-10,17,19,23H,11-13H2,1H3,(H,21,25)/t17-,19-/m0/s1. The molecule has 1 aliphatic heterocycles. The van der Waals surface area contributed by atoms with Crippen molar-refractivity contribution in [3.63, 3.8) is 0 Å². The Morgan fingerprint density at radius 3 is 2.35 bits per heavy atom. The van der Waals surface area contributed by atoms with Crippen LogP contribution >= 0.6 is 0 Å². The van der Waals surface area contributed by atoms with Crippen LogP contribution in [0, 0.1) is 6.92 Å². The van der Waals surface area contributed by atoms with Crippen LogP contribution < -0.4 is 5.32 Å². The van der Waals surface area contributed by atoms with Gasteiger partial charge in [0.25, 0.3) is 0 Å². The number of aliphatic hydroxyl groups excluding tert-OH is 1. The highest BCUT2D eigenvalue weighted by molar-refractivity contribution is 6.01. The van der Waals surface area contributed by atoms with Crippen LogP contribution in [-0.4, -0.2) is 47.7 Å². The normalized spacial score (nSPS) is 16.5. The molecule has 1 saturated heterocycles. The molecule has 0 bridgehead atoms. The van der Waals surface area contributed by atoms with Gasteiger partial charge in [-0.15, -0.1) is 0 Å². The largest absolute Gasteiger partial charge is 0.389 e. The number of rotatable bonds is 7. The first kappa shape index (κ1) is 18.1. The minimum Gasteiger partial charge on any atom is -0.389 e. The van der Waals surface area contributed by atoms with Crippen LogP contribution in [0.25, 0.3) is 0 Å². The van der Waals surface area contributed by atoms with E-state index in [0.29, 0.717) is 0 Å². The van der Waals surface area contributed by atoms with Gasteiger partial charge in [-0.05, 0) is 18.1 Å². The molecule has 2 aromatic rings. The Morgan fingerprint density at radius 1 is 1.08 bits per heavy atom. The number of imide groups is 1. The number of amides is 3. The molecule has 0 aliphatic carbocycles. The second kappa shape index (κ2) is 8.12. The van der Waals surface area contributed by atoms with E-state index in [0.717, 1.165) is 21.6 Å². The molecule has 26 heavy (non-hydrogen) atoms. The lowest BCUT2D eigenvalue weighted by Crippen LogP contribution is -2.39. The zero-order chi connectivity index (χ0) is 18.5. The van der Waals surface area contributed by atoms with E-state index in [2.05, 4.69) is 5.32 Å². The van der Waals surface area contributed by atoms with Crippen LogP contribution in [-0.2, 0) is 9.53 Å². The molecule has 0 saturated carbocycles. The van der Waals surface area contributed by atoms with E-state index in [1.54, 1.807) is 0 Å². The molecule has 2 atom stereocenters. The van der Waals surface area contributed by atoms with Crippen molar-refractivity contribution in [2.45, 2.75) is 19.1 Å². The number of carbonyl (C=O) groups is 2. The fourth-order valence-corrected chi connectivity index (χ4v) is 2.86. The van der Waals surface area contributed by atoms with Gasteiger partial charge in [-0.3, -0.25) is 9.69 Å². The topological polar surface area (TPSA) is 78.9 Å². The first-order valence-corrected chi connectivity index (χ1v) is 8.54. The molecule has 1 fully saturated rings. The molecule has 6 nitrogen and oxygen atoms in total. The smallest absolute Gasteiger partial charge is 0.324 e. The van der Waals surface area contributed by atoms with Crippen LogP contribution in [0.4, 0.5) is 4.79 Å². The van der Waals surface area contributed by atoms with Crippen molar-refractivity contribution >= 4 is 11.9 Å². The average Bonchev–Trinajstić information content (AvgIpc) is 2.96. The van der Waals surface area contributed by atoms with Crippen molar-refractivity contribution in [2.75, 3.05) is 19.7 Å². The van der Waals surface area contributed by atoms with E-state index in [1.807, 2.05) is 61.5 Å². The molecule has 0 spiro atoms. The van der Waals surface area contributed by atoms with Crippen LogP contribution in [0.2, 0.25) is 0 Å². The maximum Gasteiger partial charge on any atom is 0.324 e. The van der Waals surface area contributed by atoms with Crippen molar-refractivity contribution in [3.8, 4) is 0 Å². The second-order valence-electron chi connectivity index (χ2n) is 6.35. The predicted octanol–water partition coefficient (Wildman–Crippen LogP) is 2.01. The van der Waals surface area contributed by atoms with Gasteiger partial charge in [0.2, 0.25) is 5.91 Å². The van der Waals surface area contributed by atoms with Crippen molar-refractivity contribution in [1.82, 2.24) is 10.2 Å². The highest BCUT2D eigenvalue weighted by atomic mass is 16.5. The molecule has 0 radical (unpaired) electrons. The minimum atomic E-state index is -0.959. The third kappa shape index (κ3) is 4.28. The summed E-state index contributed by atoms with van der Waals surface area (Å²) in [4.78, 5) is 24.2. The fraction of sp³-hybridized carbons (Fsp3) is 0.300. The zero-order valence-electron chi connectivity index (χ0n) is 14.6. The first-order valence-electron chi connectivity index (χ1n) is 8.54. The molecule has 136 valence electrons. The SMILES string of the molecule is Cc1ccc([C@@H](OC[C@@H](O)CN2C(=O)CNC2=O)c2ccccc2)cc1. The maximum absolute atomic E-state index is 11.6. The molecule has 1 heterocycles. The van der Waals surface area contributed by atoms with Gasteiger partial charge in [-0.25, -0.2) is 4.79 Å². The summed E-state index contributed by atoms with van der Waals surface area (Å²) < 4.78 is 5.98. The number of nitrogens with zero attached hydrogens (tertiary/aromatic N) is 1. The van der Waals surface area contributed by atoms with Crippen molar-refractivity contribution in [2.24, 2.45) is 0 Å². The molecule has 3 amide bonds. The molecule has 0 aromatic heterocycles. The second-order valence-corrected chi connectivity index (χ2v) is 6.35.